The van der Waals surface area contributed by atoms with Crippen LogP contribution >= 0.6 is 11.6 Å². The number of aromatic hydroxyl groups is 1. The van der Waals surface area contributed by atoms with Crippen molar-refractivity contribution in [2.45, 2.75) is 12.8 Å². The summed E-state index contributed by atoms with van der Waals surface area (Å²) >= 11 is 5.95. The molecule has 0 saturated carbocycles. The second-order valence-electron chi connectivity index (χ2n) is 7.87. The summed E-state index contributed by atoms with van der Waals surface area (Å²) in [5.41, 5.74) is 4.01. The minimum absolute atomic E-state index is 0.175. The smallest absolute Gasteiger partial charge is 0.229 e. The number of carbonyl (C=O) groups is 1. The van der Waals surface area contributed by atoms with Crippen molar-refractivity contribution in [2.24, 2.45) is 0 Å². The molecule has 5 rings (SSSR count). The van der Waals surface area contributed by atoms with Crippen LogP contribution in [0.1, 0.15) is 16.8 Å². The second kappa shape index (κ2) is 8.88. The quantitative estimate of drug-likeness (QED) is 0.324. The fourth-order valence-electron chi connectivity index (χ4n) is 3.85. The van der Waals surface area contributed by atoms with Crippen molar-refractivity contribution in [3.05, 3.63) is 107 Å². The van der Waals surface area contributed by atoms with Crippen LogP contribution in [0.3, 0.4) is 0 Å². The number of amides is 1. The van der Waals surface area contributed by atoms with Crippen LogP contribution in [0.5, 0.6) is 5.75 Å². The summed E-state index contributed by atoms with van der Waals surface area (Å²) in [5.74, 6) is 0.472. The fraction of sp³-hybridized carbons (Fsp3) is 0.0741. The summed E-state index contributed by atoms with van der Waals surface area (Å²) in [4.78, 5) is 22.5. The van der Waals surface area contributed by atoms with Crippen LogP contribution < -0.4 is 5.32 Å². The van der Waals surface area contributed by atoms with E-state index in [9.17, 15) is 9.90 Å². The van der Waals surface area contributed by atoms with Crippen molar-refractivity contribution < 1.29 is 9.90 Å². The number of hydrogen-bond donors (Lipinski definition) is 2. The van der Waals surface area contributed by atoms with Gasteiger partial charge in [-0.05, 0) is 52.9 Å². The number of phenols is 1. The Labute approximate surface area is 195 Å². The molecule has 0 radical (unpaired) electrons. The Hall–Kier alpha value is -3.96. The molecule has 0 saturated heterocycles. The third-order valence-electron chi connectivity index (χ3n) is 5.46. The van der Waals surface area contributed by atoms with Crippen LogP contribution in [0.25, 0.3) is 21.8 Å². The summed E-state index contributed by atoms with van der Waals surface area (Å²) in [6.45, 7) is 0. The van der Waals surface area contributed by atoms with Gasteiger partial charge in [0.25, 0.3) is 0 Å². The molecular formula is C27H20ClN3O2. The summed E-state index contributed by atoms with van der Waals surface area (Å²) in [6, 6.07) is 26.1. The third kappa shape index (κ3) is 4.64. The molecule has 6 heteroatoms. The molecular weight excluding hydrogens is 434 g/mol. The first-order valence-corrected chi connectivity index (χ1v) is 10.9. The van der Waals surface area contributed by atoms with Crippen LogP contribution in [-0.4, -0.2) is 21.0 Å². The Morgan fingerprint density at radius 3 is 2.45 bits per heavy atom. The molecule has 0 atom stereocenters. The molecule has 0 aliphatic carbocycles. The predicted molar refractivity (Wildman–Crippen MR) is 132 cm³/mol. The molecule has 1 aromatic heterocycles. The zero-order valence-corrected chi connectivity index (χ0v) is 18.4. The summed E-state index contributed by atoms with van der Waals surface area (Å²) in [7, 11) is 0. The third-order valence-corrected chi connectivity index (χ3v) is 5.71. The monoisotopic (exact) mass is 453 g/mol. The lowest BCUT2D eigenvalue weighted by Crippen LogP contribution is -2.17. The van der Waals surface area contributed by atoms with Gasteiger partial charge >= 0.3 is 0 Å². The molecule has 0 spiro atoms. The zero-order chi connectivity index (χ0) is 22.8. The topological polar surface area (TPSA) is 75.1 Å². The molecule has 0 fully saturated rings. The predicted octanol–water partition coefficient (Wildman–Crippen LogP) is 5.91. The number of nitrogens with zero attached hydrogens (tertiary/aromatic N) is 2. The van der Waals surface area contributed by atoms with E-state index in [2.05, 4.69) is 5.32 Å². The highest BCUT2D eigenvalue weighted by atomic mass is 35.5. The van der Waals surface area contributed by atoms with Gasteiger partial charge in [-0.3, -0.25) is 4.79 Å². The van der Waals surface area contributed by atoms with E-state index in [1.807, 2.05) is 60.7 Å². The lowest BCUT2D eigenvalue weighted by atomic mass is 10.1. The summed E-state index contributed by atoms with van der Waals surface area (Å²) in [6.07, 6.45) is 0.730. The SMILES string of the molecule is O=C(Cc1ccc(Cl)cc1)Nc1nc2ccc3cc(O)ccc3c2nc1Cc1ccccc1. The van der Waals surface area contributed by atoms with Crippen molar-refractivity contribution in [3.63, 3.8) is 0 Å². The average molecular weight is 454 g/mol. The van der Waals surface area contributed by atoms with Crippen molar-refractivity contribution in [2.75, 3.05) is 5.32 Å². The van der Waals surface area contributed by atoms with Gasteiger partial charge in [0.05, 0.1) is 23.1 Å². The Kier molecular flexibility index (Phi) is 5.63. The molecule has 162 valence electrons. The molecule has 0 aliphatic rings. The van der Waals surface area contributed by atoms with Gasteiger partial charge in [-0.2, -0.15) is 0 Å². The Morgan fingerprint density at radius 2 is 1.67 bits per heavy atom. The molecule has 0 unspecified atom stereocenters. The molecule has 0 aliphatic heterocycles. The van der Waals surface area contributed by atoms with E-state index in [1.165, 1.54) is 0 Å². The number of halogens is 1. The maximum absolute atomic E-state index is 12.8. The number of benzene rings is 4. The number of phenolic OH excluding ortho intramolecular Hbond substituents is 1. The molecule has 2 N–H and O–H groups in total. The summed E-state index contributed by atoms with van der Waals surface area (Å²) in [5, 5.41) is 15.2. The van der Waals surface area contributed by atoms with E-state index in [1.54, 1.807) is 24.3 Å². The van der Waals surface area contributed by atoms with Crippen LogP contribution in [0.4, 0.5) is 5.82 Å². The van der Waals surface area contributed by atoms with Crippen LogP contribution in [-0.2, 0) is 17.6 Å². The first-order chi connectivity index (χ1) is 16.0. The van der Waals surface area contributed by atoms with E-state index in [0.717, 1.165) is 27.4 Å². The molecule has 0 bridgehead atoms. The Balaban J connectivity index is 1.55. The van der Waals surface area contributed by atoms with Crippen molar-refractivity contribution in [3.8, 4) is 5.75 Å². The molecule has 1 heterocycles. The van der Waals surface area contributed by atoms with E-state index in [4.69, 9.17) is 21.6 Å². The molecule has 1 amide bonds. The molecule has 5 aromatic rings. The maximum atomic E-state index is 12.8. The van der Waals surface area contributed by atoms with Crippen LogP contribution in [0.2, 0.25) is 5.02 Å². The highest BCUT2D eigenvalue weighted by Gasteiger charge is 2.15. The minimum Gasteiger partial charge on any atom is -0.508 e. The average Bonchev–Trinajstić information content (AvgIpc) is 2.81. The second-order valence-corrected chi connectivity index (χ2v) is 8.31. The Bertz CT molecular complexity index is 1470. The van der Waals surface area contributed by atoms with E-state index >= 15 is 0 Å². The standard InChI is InChI=1S/C27H20ClN3O2/c28-20-9-6-18(7-10-20)15-25(33)31-27-24(14-17-4-2-1-3-5-17)29-26-22-12-11-21(32)16-19(22)8-13-23(26)30-27/h1-13,16,32H,14-15H2,(H,30,31,33). The van der Waals surface area contributed by atoms with Crippen molar-refractivity contribution in [1.82, 2.24) is 9.97 Å². The van der Waals surface area contributed by atoms with E-state index in [-0.39, 0.29) is 18.1 Å². The van der Waals surface area contributed by atoms with Crippen LogP contribution in [0.15, 0.2) is 84.9 Å². The number of anilines is 1. The molecule has 4 aromatic carbocycles. The van der Waals surface area contributed by atoms with Crippen molar-refractivity contribution in [1.29, 1.82) is 0 Å². The van der Waals surface area contributed by atoms with Gasteiger partial charge in [-0.1, -0.05) is 60.1 Å². The van der Waals surface area contributed by atoms with Gasteiger partial charge in [0.2, 0.25) is 5.91 Å². The molecule has 5 nitrogen and oxygen atoms in total. The highest BCUT2D eigenvalue weighted by molar-refractivity contribution is 6.30. The first kappa shape index (κ1) is 20.9. The lowest BCUT2D eigenvalue weighted by Gasteiger charge is -2.13. The lowest BCUT2D eigenvalue weighted by molar-refractivity contribution is -0.115. The number of nitrogens with one attached hydrogen (secondary N) is 1. The number of rotatable bonds is 5. The fourth-order valence-corrected chi connectivity index (χ4v) is 3.97. The van der Waals surface area contributed by atoms with Gasteiger partial charge in [0.1, 0.15) is 5.75 Å². The maximum Gasteiger partial charge on any atom is 0.229 e. The number of hydrogen-bond acceptors (Lipinski definition) is 4. The number of fused-ring (bicyclic) bond motifs is 3. The van der Waals surface area contributed by atoms with Gasteiger partial charge in [0, 0.05) is 16.8 Å². The normalized spacial score (nSPS) is 11.1. The van der Waals surface area contributed by atoms with Crippen LogP contribution in [0, 0.1) is 0 Å². The number of aromatic nitrogens is 2. The van der Waals surface area contributed by atoms with E-state index < -0.39 is 0 Å². The van der Waals surface area contributed by atoms with Gasteiger partial charge in [-0.25, -0.2) is 9.97 Å². The van der Waals surface area contributed by atoms with Gasteiger partial charge < -0.3 is 10.4 Å². The first-order valence-electron chi connectivity index (χ1n) is 10.6. The number of carbonyl (C=O) groups excluding carboxylic acids is 1. The highest BCUT2D eigenvalue weighted by Crippen LogP contribution is 2.28. The van der Waals surface area contributed by atoms with E-state index in [0.29, 0.717) is 28.5 Å². The van der Waals surface area contributed by atoms with Crippen molar-refractivity contribution >= 4 is 45.1 Å². The Morgan fingerprint density at radius 1 is 0.879 bits per heavy atom. The van der Waals surface area contributed by atoms with Gasteiger partial charge in [-0.15, -0.1) is 0 Å². The summed E-state index contributed by atoms with van der Waals surface area (Å²) < 4.78 is 0. The van der Waals surface area contributed by atoms with Gasteiger partial charge in [0.15, 0.2) is 5.82 Å². The molecule has 33 heavy (non-hydrogen) atoms. The zero-order valence-electron chi connectivity index (χ0n) is 17.6. The largest absolute Gasteiger partial charge is 0.508 e. The minimum atomic E-state index is -0.175.